The predicted molar refractivity (Wildman–Crippen MR) is 146 cm³/mol. The maximum atomic E-state index is 13.2. The first-order valence-electron chi connectivity index (χ1n) is 12.8. The van der Waals surface area contributed by atoms with Gasteiger partial charge in [0.2, 0.25) is 5.60 Å². The molecule has 1 aliphatic rings. The van der Waals surface area contributed by atoms with Crippen LogP contribution in [-0.2, 0) is 34.2 Å². The molecular weight excluding hydrogens is 534 g/mol. The number of esters is 1. The van der Waals surface area contributed by atoms with Gasteiger partial charge in [0.15, 0.2) is 0 Å². The smallest absolute Gasteiger partial charge is 0.349 e. The number of rotatable bonds is 16. The molecule has 0 radical (unpaired) electrons. The van der Waals surface area contributed by atoms with Crippen molar-refractivity contribution in [2.75, 3.05) is 39.7 Å². The zero-order valence-corrected chi connectivity index (χ0v) is 24.1. The van der Waals surface area contributed by atoms with Gasteiger partial charge in [-0.2, -0.15) is 8.42 Å². The average molecular weight is 574 g/mol. The molecule has 0 spiro atoms. The molecule has 0 unspecified atom stereocenters. The number of nitrogens with zero attached hydrogens (tertiary/aromatic N) is 1. The van der Waals surface area contributed by atoms with Crippen molar-refractivity contribution in [3.05, 3.63) is 44.8 Å². The third-order valence-electron chi connectivity index (χ3n) is 6.66. The van der Waals surface area contributed by atoms with Gasteiger partial charge in [0.25, 0.3) is 10.1 Å². The van der Waals surface area contributed by atoms with Crippen LogP contribution in [0.25, 0.3) is 0 Å². The highest BCUT2D eigenvalue weighted by atomic mass is 32.2. The van der Waals surface area contributed by atoms with E-state index in [4.69, 9.17) is 13.7 Å². The standard InChI is InChI=1S/C26H39NO7S3/c1-27(15-18-32-16-5-3-4-6-17-33-37(2,30)31)21-11-13-22(14-12-21)34-25(28)26(29,23-9-7-19-35-23)24-10-8-20-36-24/h7-10,19-22,29H,3-6,11-18H2,1-2H3/t21-,22-. The van der Waals surface area contributed by atoms with Crippen molar-refractivity contribution in [2.24, 2.45) is 0 Å². The molecule has 0 bridgehead atoms. The minimum absolute atomic E-state index is 0.192. The lowest BCUT2D eigenvalue weighted by Gasteiger charge is -2.35. The van der Waals surface area contributed by atoms with Crippen LogP contribution in [0, 0.1) is 0 Å². The monoisotopic (exact) mass is 573 g/mol. The molecule has 1 N–H and O–H groups in total. The van der Waals surface area contributed by atoms with Gasteiger partial charge in [0, 0.05) is 19.2 Å². The summed E-state index contributed by atoms with van der Waals surface area (Å²) < 4.78 is 38.2. The molecule has 0 aliphatic heterocycles. The van der Waals surface area contributed by atoms with Crippen LogP contribution in [0.5, 0.6) is 0 Å². The Balaban J connectivity index is 1.31. The fourth-order valence-corrected chi connectivity index (χ4v) is 6.63. The summed E-state index contributed by atoms with van der Waals surface area (Å²) in [6.45, 7) is 2.45. The molecule has 0 atom stereocenters. The molecule has 1 aliphatic carbocycles. The van der Waals surface area contributed by atoms with E-state index >= 15 is 0 Å². The highest BCUT2D eigenvalue weighted by Gasteiger charge is 2.45. The van der Waals surface area contributed by atoms with Crippen molar-refractivity contribution in [3.8, 4) is 0 Å². The van der Waals surface area contributed by atoms with Gasteiger partial charge in [0.05, 0.1) is 29.2 Å². The number of hydrogen-bond donors (Lipinski definition) is 1. The third-order valence-corrected chi connectivity index (χ3v) is 9.21. The van der Waals surface area contributed by atoms with Crippen LogP contribution >= 0.6 is 22.7 Å². The topological polar surface area (TPSA) is 102 Å². The Kier molecular flexibility index (Phi) is 12.0. The van der Waals surface area contributed by atoms with E-state index in [9.17, 15) is 18.3 Å². The largest absolute Gasteiger partial charge is 0.460 e. The van der Waals surface area contributed by atoms with Crippen LogP contribution in [0.4, 0.5) is 0 Å². The summed E-state index contributed by atoms with van der Waals surface area (Å²) >= 11 is 2.70. The summed E-state index contributed by atoms with van der Waals surface area (Å²) in [6.07, 6.45) is 7.87. The second kappa shape index (κ2) is 14.7. The summed E-state index contributed by atoms with van der Waals surface area (Å²) in [6, 6.07) is 7.63. The predicted octanol–water partition coefficient (Wildman–Crippen LogP) is 4.38. The van der Waals surface area contributed by atoms with E-state index in [1.807, 2.05) is 22.9 Å². The molecule has 2 aromatic heterocycles. The molecular formula is C26H39NO7S3. The fraction of sp³-hybridized carbons (Fsp3) is 0.654. The normalized spacial score (nSPS) is 18.8. The van der Waals surface area contributed by atoms with E-state index in [0.29, 0.717) is 29.0 Å². The molecule has 0 saturated heterocycles. The minimum atomic E-state index is -3.34. The summed E-state index contributed by atoms with van der Waals surface area (Å²) in [5, 5.41) is 15.1. The maximum Gasteiger partial charge on any atom is 0.349 e. The molecule has 3 rings (SSSR count). The number of likely N-dealkylation sites (N-methyl/N-ethyl adjacent to an activating group) is 1. The highest BCUT2D eigenvalue weighted by molar-refractivity contribution is 7.85. The van der Waals surface area contributed by atoms with Gasteiger partial charge in [-0.05, 0) is 68.5 Å². The van der Waals surface area contributed by atoms with E-state index in [0.717, 1.165) is 64.2 Å². The van der Waals surface area contributed by atoms with E-state index in [-0.39, 0.29) is 12.7 Å². The molecule has 11 heteroatoms. The number of carbonyl (C=O) groups is 1. The zero-order valence-electron chi connectivity index (χ0n) is 21.7. The van der Waals surface area contributed by atoms with E-state index in [1.165, 1.54) is 22.7 Å². The number of thiophene rings is 2. The third kappa shape index (κ3) is 9.42. The Labute approximate surface area is 228 Å². The first-order valence-corrected chi connectivity index (χ1v) is 16.4. The lowest BCUT2D eigenvalue weighted by molar-refractivity contribution is -0.169. The zero-order chi connectivity index (χ0) is 26.7. The molecule has 1 fully saturated rings. The van der Waals surface area contributed by atoms with Crippen molar-refractivity contribution in [1.29, 1.82) is 0 Å². The molecule has 2 heterocycles. The second-order valence-electron chi connectivity index (χ2n) is 9.53. The Morgan fingerprint density at radius 2 is 1.59 bits per heavy atom. The van der Waals surface area contributed by atoms with Crippen LogP contribution < -0.4 is 0 Å². The van der Waals surface area contributed by atoms with E-state index in [1.54, 1.807) is 12.1 Å². The Bertz CT molecular complexity index is 983. The first-order chi connectivity index (χ1) is 17.7. The average Bonchev–Trinajstić information content (AvgIpc) is 3.59. The van der Waals surface area contributed by atoms with Crippen molar-refractivity contribution in [2.45, 2.75) is 69.1 Å². The summed E-state index contributed by atoms with van der Waals surface area (Å²) in [7, 11) is -1.23. The Morgan fingerprint density at radius 3 is 2.14 bits per heavy atom. The maximum absolute atomic E-state index is 13.2. The van der Waals surface area contributed by atoms with Gasteiger partial charge in [-0.15, -0.1) is 22.7 Å². The van der Waals surface area contributed by atoms with Crippen molar-refractivity contribution in [3.63, 3.8) is 0 Å². The SMILES string of the molecule is CN(CCOCCCCCCOS(C)(=O)=O)[C@H]1CC[C@H](OC(=O)C(O)(c2cccs2)c2cccs2)CC1. The van der Waals surface area contributed by atoms with Crippen LogP contribution in [0.15, 0.2) is 35.0 Å². The van der Waals surface area contributed by atoms with Crippen molar-refractivity contribution in [1.82, 2.24) is 4.90 Å². The first kappa shape index (κ1) is 30.2. The highest BCUT2D eigenvalue weighted by Crippen LogP contribution is 2.38. The fourth-order valence-electron chi connectivity index (χ4n) is 4.50. The van der Waals surface area contributed by atoms with Gasteiger partial charge >= 0.3 is 5.97 Å². The number of unbranched alkanes of at least 4 members (excludes halogenated alkanes) is 3. The molecule has 208 valence electrons. The van der Waals surface area contributed by atoms with Crippen molar-refractivity contribution < 1.29 is 32.0 Å². The van der Waals surface area contributed by atoms with Crippen LogP contribution in [0.1, 0.15) is 61.1 Å². The molecule has 37 heavy (non-hydrogen) atoms. The molecule has 0 amide bonds. The lowest BCUT2D eigenvalue weighted by Crippen LogP contribution is -2.42. The van der Waals surface area contributed by atoms with Crippen LogP contribution in [-0.4, -0.2) is 76.2 Å². The number of hydrogen-bond acceptors (Lipinski definition) is 10. The molecule has 2 aromatic rings. The van der Waals surface area contributed by atoms with Gasteiger partial charge in [0.1, 0.15) is 6.10 Å². The summed E-state index contributed by atoms with van der Waals surface area (Å²) in [5.74, 6) is -0.592. The van der Waals surface area contributed by atoms with Gasteiger partial charge < -0.3 is 19.5 Å². The summed E-state index contributed by atoms with van der Waals surface area (Å²) in [4.78, 5) is 16.6. The number of carbonyl (C=O) groups excluding carboxylic acids is 1. The molecule has 0 aromatic carbocycles. The minimum Gasteiger partial charge on any atom is -0.460 e. The Hall–Kier alpha value is -1.34. The summed E-state index contributed by atoms with van der Waals surface area (Å²) in [5.41, 5.74) is -1.75. The number of aliphatic hydroxyl groups is 1. The quantitative estimate of drug-likeness (QED) is 0.179. The Morgan fingerprint density at radius 1 is 1.00 bits per heavy atom. The molecule has 8 nitrogen and oxygen atoms in total. The van der Waals surface area contributed by atoms with Gasteiger partial charge in [-0.3, -0.25) is 4.18 Å². The van der Waals surface area contributed by atoms with Crippen molar-refractivity contribution >= 4 is 38.8 Å². The van der Waals surface area contributed by atoms with Gasteiger partial charge in [-0.1, -0.05) is 25.0 Å². The van der Waals surface area contributed by atoms with Crippen LogP contribution in [0.2, 0.25) is 0 Å². The van der Waals surface area contributed by atoms with Crippen LogP contribution in [0.3, 0.4) is 0 Å². The van der Waals surface area contributed by atoms with Gasteiger partial charge in [-0.25, -0.2) is 4.79 Å². The second-order valence-corrected chi connectivity index (χ2v) is 13.1. The van der Waals surface area contributed by atoms with E-state index < -0.39 is 21.7 Å². The lowest BCUT2D eigenvalue weighted by atomic mass is 9.91. The molecule has 1 saturated carbocycles. The number of ether oxygens (including phenoxy) is 2. The van der Waals surface area contributed by atoms with E-state index in [2.05, 4.69) is 11.9 Å².